The first-order chi connectivity index (χ1) is 10.0. The number of nitrogens with zero attached hydrogens (tertiary/aromatic N) is 2. The summed E-state index contributed by atoms with van der Waals surface area (Å²) in [5.41, 5.74) is 2.09. The normalized spacial score (nSPS) is 11.7. The van der Waals surface area contributed by atoms with Gasteiger partial charge in [0.15, 0.2) is 0 Å². The van der Waals surface area contributed by atoms with E-state index in [-0.39, 0.29) is 4.90 Å². The van der Waals surface area contributed by atoms with Gasteiger partial charge in [-0.1, -0.05) is 19.1 Å². The average Bonchev–Trinajstić information content (AvgIpc) is 2.86. The van der Waals surface area contributed by atoms with Crippen molar-refractivity contribution in [3.05, 3.63) is 48.0 Å². The highest BCUT2D eigenvalue weighted by atomic mass is 32.2. The van der Waals surface area contributed by atoms with Gasteiger partial charge in [-0.25, -0.2) is 18.5 Å². The lowest BCUT2D eigenvalue weighted by Gasteiger charge is -2.09. The van der Waals surface area contributed by atoms with Gasteiger partial charge in [0.1, 0.15) is 0 Å². The second-order valence-corrected chi connectivity index (χ2v) is 6.44. The van der Waals surface area contributed by atoms with E-state index >= 15 is 0 Å². The van der Waals surface area contributed by atoms with Gasteiger partial charge < -0.3 is 9.88 Å². The topological polar surface area (TPSA) is 90.0 Å². The fraction of sp³-hybridized carbons (Fsp3) is 0.357. The van der Waals surface area contributed by atoms with Crippen molar-refractivity contribution in [2.75, 3.05) is 6.54 Å². The molecule has 0 aliphatic heterocycles. The number of sulfonamides is 1. The zero-order valence-electron chi connectivity index (χ0n) is 12.0. The van der Waals surface area contributed by atoms with Gasteiger partial charge in [-0.2, -0.15) is 0 Å². The molecule has 1 aromatic heterocycles. The fourth-order valence-electron chi connectivity index (χ4n) is 2.01. The molecule has 0 saturated heterocycles. The largest absolute Gasteiger partial charge is 0.329 e. The molecule has 0 aliphatic carbocycles. The van der Waals surface area contributed by atoms with Crippen LogP contribution in [0.25, 0.3) is 0 Å². The van der Waals surface area contributed by atoms with Crippen molar-refractivity contribution in [3.63, 3.8) is 0 Å². The summed E-state index contributed by atoms with van der Waals surface area (Å²) < 4.78 is 24.5. The van der Waals surface area contributed by atoms with E-state index in [0.717, 1.165) is 30.8 Å². The molecular formula is C14H20N4O2S. The third kappa shape index (κ3) is 4.38. The molecule has 0 amide bonds. The summed E-state index contributed by atoms with van der Waals surface area (Å²) in [6.07, 6.45) is 4.70. The van der Waals surface area contributed by atoms with Crippen molar-refractivity contribution in [2.45, 2.75) is 31.3 Å². The van der Waals surface area contributed by atoms with E-state index in [4.69, 9.17) is 5.14 Å². The first-order valence-electron chi connectivity index (χ1n) is 6.82. The van der Waals surface area contributed by atoms with Crippen LogP contribution in [0.5, 0.6) is 0 Å². The number of aromatic nitrogens is 2. The zero-order chi connectivity index (χ0) is 15.3. The third-order valence-corrected chi connectivity index (χ3v) is 4.07. The van der Waals surface area contributed by atoms with E-state index in [2.05, 4.69) is 17.2 Å². The summed E-state index contributed by atoms with van der Waals surface area (Å²) in [5, 5.41) is 8.42. The van der Waals surface area contributed by atoms with Crippen LogP contribution in [0.1, 0.15) is 24.6 Å². The molecule has 0 saturated carbocycles. The lowest BCUT2D eigenvalue weighted by atomic mass is 10.2. The number of hydrogen-bond acceptors (Lipinski definition) is 4. The minimum atomic E-state index is -3.63. The average molecular weight is 308 g/mol. The van der Waals surface area contributed by atoms with E-state index in [1.807, 2.05) is 10.8 Å². The van der Waals surface area contributed by atoms with Crippen LogP contribution in [0.4, 0.5) is 0 Å². The molecule has 2 rings (SSSR count). The van der Waals surface area contributed by atoms with Crippen LogP contribution < -0.4 is 10.5 Å². The van der Waals surface area contributed by atoms with Gasteiger partial charge in [0.05, 0.1) is 16.9 Å². The molecule has 0 radical (unpaired) electrons. The molecule has 114 valence electrons. The van der Waals surface area contributed by atoms with E-state index in [0.29, 0.717) is 6.54 Å². The van der Waals surface area contributed by atoms with Crippen molar-refractivity contribution in [3.8, 4) is 0 Å². The van der Waals surface area contributed by atoms with E-state index in [1.54, 1.807) is 18.5 Å². The molecule has 0 spiro atoms. The number of nitrogens with two attached hydrogens (primary N) is 1. The van der Waals surface area contributed by atoms with Gasteiger partial charge in [-0.05, 0) is 30.7 Å². The van der Waals surface area contributed by atoms with Gasteiger partial charge in [-0.3, -0.25) is 0 Å². The molecule has 21 heavy (non-hydrogen) atoms. The van der Waals surface area contributed by atoms with Crippen molar-refractivity contribution < 1.29 is 8.42 Å². The molecule has 3 N–H and O–H groups in total. The van der Waals surface area contributed by atoms with Crippen LogP contribution in [0.2, 0.25) is 0 Å². The van der Waals surface area contributed by atoms with Gasteiger partial charge >= 0.3 is 0 Å². The van der Waals surface area contributed by atoms with Crippen molar-refractivity contribution in [1.29, 1.82) is 0 Å². The van der Waals surface area contributed by atoms with E-state index < -0.39 is 10.0 Å². The lowest BCUT2D eigenvalue weighted by molar-refractivity contribution is 0.597. The molecule has 1 heterocycles. The second-order valence-electron chi connectivity index (χ2n) is 4.88. The summed E-state index contributed by atoms with van der Waals surface area (Å²) in [7, 11) is -3.63. The molecule has 6 nitrogen and oxygen atoms in total. The van der Waals surface area contributed by atoms with Crippen LogP contribution in [-0.4, -0.2) is 24.5 Å². The number of imidazole rings is 1. The number of primary sulfonamides is 1. The van der Waals surface area contributed by atoms with Crippen molar-refractivity contribution >= 4 is 10.0 Å². The molecule has 2 aromatic rings. The standard InChI is InChI=1S/C14H20N4O2S/c1-2-7-16-8-13-9-17-11-18(13)10-12-3-5-14(6-4-12)21(15,19)20/h3-6,9,11,16H,2,7-8,10H2,1H3,(H2,15,19,20). The number of benzene rings is 1. The molecule has 0 atom stereocenters. The molecule has 0 fully saturated rings. The Bertz CT molecular complexity index is 677. The maximum Gasteiger partial charge on any atom is 0.238 e. The van der Waals surface area contributed by atoms with Gasteiger partial charge in [0.2, 0.25) is 10.0 Å². The summed E-state index contributed by atoms with van der Waals surface area (Å²) in [4.78, 5) is 4.29. The number of hydrogen-bond donors (Lipinski definition) is 2. The van der Waals surface area contributed by atoms with Crippen LogP contribution in [0.3, 0.4) is 0 Å². The number of rotatable bonds is 7. The van der Waals surface area contributed by atoms with Crippen LogP contribution in [0.15, 0.2) is 41.7 Å². The summed E-state index contributed by atoms with van der Waals surface area (Å²) in [6, 6.07) is 6.58. The second kappa shape index (κ2) is 6.84. The number of nitrogens with one attached hydrogen (secondary N) is 1. The molecular weight excluding hydrogens is 288 g/mol. The first kappa shape index (κ1) is 15.7. The maximum atomic E-state index is 11.2. The Balaban J connectivity index is 2.07. The fourth-order valence-corrected chi connectivity index (χ4v) is 2.53. The smallest absolute Gasteiger partial charge is 0.238 e. The Morgan fingerprint density at radius 1 is 1.29 bits per heavy atom. The molecule has 0 bridgehead atoms. The molecule has 1 aromatic carbocycles. The van der Waals surface area contributed by atoms with E-state index in [1.165, 1.54) is 12.1 Å². The van der Waals surface area contributed by atoms with Crippen LogP contribution in [-0.2, 0) is 23.1 Å². The SMILES string of the molecule is CCCNCc1cncn1Cc1ccc(S(N)(=O)=O)cc1. The quantitative estimate of drug-likeness (QED) is 0.749. The minimum Gasteiger partial charge on any atom is -0.329 e. The van der Waals surface area contributed by atoms with Crippen LogP contribution >= 0.6 is 0 Å². The predicted molar refractivity (Wildman–Crippen MR) is 81.1 cm³/mol. The van der Waals surface area contributed by atoms with Gasteiger partial charge in [-0.15, -0.1) is 0 Å². The Morgan fingerprint density at radius 3 is 2.62 bits per heavy atom. The predicted octanol–water partition coefficient (Wildman–Crippen LogP) is 1.08. The highest BCUT2D eigenvalue weighted by molar-refractivity contribution is 7.89. The first-order valence-corrected chi connectivity index (χ1v) is 8.37. The lowest BCUT2D eigenvalue weighted by Crippen LogP contribution is -2.17. The summed E-state index contributed by atoms with van der Waals surface area (Å²) in [6.45, 7) is 4.50. The Kier molecular flexibility index (Phi) is 5.11. The minimum absolute atomic E-state index is 0.127. The molecule has 7 heteroatoms. The highest BCUT2D eigenvalue weighted by Gasteiger charge is 2.07. The highest BCUT2D eigenvalue weighted by Crippen LogP contribution is 2.11. The Morgan fingerprint density at radius 2 is 2.00 bits per heavy atom. The van der Waals surface area contributed by atoms with Crippen molar-refractivity contribution in [1.82, 2.24) is 14.9 Å². The summed E-state index contributed by atoms with van der Waals surface area (Å²) in [5.74, 6) is 0. The van der Waals surface area contributed by atoms with Gasteiger partial charge in [0, 0.05) is 19.3 Å². The molecule has 0 unspecified atom stereocenters. The monoisotopic (exact) mass is 308 g/mol. The third-order valence-electron chi connectivity index (χ3n) is 3.14. The van der Waals surface area contributed by atoms with E-state index in [9.17, 15) is 8.42 Å². The summed E-state index contributed by atoms with van der Waals surface area (Å²) >= 11 is 0. The maximum absolute atomic E-state index is 11.2. The zero-order valence-corrected chi connectivity index (χ0v) is 12.8. The Labute approximate surface area is 125 Å². The van der Waals surface area contributed by atoms with Crippen LogP contribution in [0, 0.1) is 0 Å². The Hall–Kier alpha value is -1.70. The van der Waals surface area contributed by atoms with Gasteiger partial charge in [0.25, 0.3) is 0 Å². The molecule has 0 aliphatic rings. The van der Waals surface area contributed by atoms with Crippen molar-refractivity contribution in [2.24, 2.45) is 5.14 Å².